The van der Waals surface area contributed by atoms with E-state index in [1.54, 1.807) is 6.92 Å². The first-order valence-electron chi connectivity index (χ1n) is 7.01. The van der Waals surface area contributed by atoms with Crippen molar-refractivity contribution < 1.29 is 8.42 Å². The average molecular weight is 276 g/mol. The summed E-state index contributed by atoms with van der Waals surface area (Å²) in [6, 6.07) is 0.456. The van der Waals surface area contributed by atoms with Crippen molar-refractivity contribution in [3.63, 3.8) is 0 Å². The van der Waals surface area contributed by atoms with Gasteiger partial charge in [-0.3, -0.25) is 4.90 Å². The second-order valence-corrected chi connectivity index (χ2v) is 8.16. The fourth-order valence-electron chi connectivity index (χ4n) is 2.36. The summed E-state index contributed by atoms with van der Waals surface area (Å²) in [7, 11) is -2.86. The van der Waals surface area contributed by atoms with E-state index >= 15 is 0 Å². The smallest absolute Gasteiger partial charge is 0.151 e. The molecule has 108 valence electrons. The van der Waals surface area contributed by atoms with E-state index in [0.717, 1.165) is 25.9 Å². The summed E-state index contributed by atoms with van der Waals surface area (Å²) in [5.74, 6) is 0.534. The van der Waals surface area contributed by atoms with Crippen LogP contribution in [0.4, 0.5) is 0 Å². The first kappa shape index (κ1) is 15.9. The highest BCUT2D eigenvalue weighted by Gasteiger charge is 2.30. The van der Waals surface area contributed by atoms with E-state index in [0.29, 0.717) is 12.6 Å². The van der Waals surface area contributed by atoms with Crippen LogP contribution in [-0.2, 0) is 9.84 Å². The van der Waals surface area contributed by atoms with Crippen molar-refractivity contribution in [1.29, 1.82) is 0 Å². The molecule has 0 radical (unpaired) electrons. The highest BCUT2D eigenvalue weighted by molar-refractivity contribution is 7.91. The van der Waals surface area contributed by atoms with Crippen molar-refractivity contribution in [2.75, 3.05) is 31.1 Å². The van der Waals surface area contributed by atoms with Crippen LogP contribution >= 0.6 is 0 Å². The van der Waals surface area contributed by atoms with E-state index in [-0.39, 0.29) is 17.0 Å². The number of hydrogen-bond donors (Lipinski definition) is 1. The van der Waals surface area contributed by atoms with E-state index in [2.05, 4.69) is 31.0 Å². The molecule has 1 aliphatic heterocycles. The third-order valence-electron chi connectivity index (χ3n) is 4.20. The van der Waals surface area contributed by atoms with Gasteiger partial charge in [-0.2, -0.15) is 0 Å². The second kappa shape index (κ2) is 6.35. The Morgan fingerprint density at radius 3 is 2.61 bits per heavy atom. The molecule has 0 amide bonds. The molecular weight excluding hydrogens is 248 g/mol. The minimum absolute atomic E-state index is 0.112. The Kier molecular flexibility index (Phi) is 5.62. The molecule has 1 heterocycles. The number of rotatable bonds is 5. The van der Waals surface area contributed by atoms with Crippen LogP contribution in [0.1, 0.15) is 40.5 Å². The van der Waals surface area contributed by atoms with Gasteiger partial charge in [-0.1, -0.05) is 13.8 Å². The summed E-state index contributed by atoms with van der Waals surface area (Å²) in [6.45, 7) is 10.9. The maximum absolute atomic E-state index is 11.6. The molecule has 0 bridgehead atoms. The molecule has 0 aromatic rings. The van der Waals surface area contributed by atoms with Gasteiger partial charge in [0, 0.05) is 30.4 Å². The molecule has 1 N–H and O–H groups in total. The maximum Gasteiger partial charge on any atom is 0.151 e. The Labute approximate surface area is 112 Å². The van der Waals surface area contributed by atoms with Crippen LogP contribution in [0.5, 0.6) is 0 Å². The lowest BCUT2D eigenvalue weighted by molar-refractivity contribution is 0.181. The van der Waals surface area contributed by atoms with E-state index < -0.39 is 9.84 Å². The van der Waals surface area contributed by atoms with Crippen molar-refractivity contribution in [2.24, 2.45) is 0 Å². The molecule has 1 rings (SSSR count). The average Bonchev–Trinajstić information content (AvgIpc) is 2.47. The fourth-order valence-corrected chi connectivity index (χ4v) is 3.16. The van der Waals surface area contributed by atoms with Crippen LogP contribution in [0.15, 0.2) is 0 Å². The van der Waals surface area contributed by atoms with E-state index in [1.807, 2.05) is 0 Å². The Hall–Kier alpha value is -0.130. The highest BCUT2D eigenvalue weighted by Crippen LogP contribution is 2.18. The molecule has 1 fully saturated rings. The van der Waals surface area contributed by atoms with Crippen LogP contribution in [0.25, 0.3) is 0 Å². The quantitative estimate of drug-likeness (QED) is 0.822. The molecule has 5 heteroatoms. The Balaban J connectivity index is 2.66. The molecule has 1 aliphatic rings. The van der Waals surface area contributed by atoms with Crippen molar-refractivity contribution in [1.82, 2.24) is 10.2 Å². The molecule has 2 unspecified atom stereocenters. The monoisotopic (exact) mass is 276 g/mol. The van der Waals surface area contributed by atoms with E-state index in [4.69, 9.17) is 0 Å². The number of nitrogens with zero attached hydrogens (tertiary/aromatic N) is 1. The van der Waals surface area contributed by atoms with Gasteiger partial charge in [0.2, 0.25) is 0 Å². The Bertz CT molecular complexity index is 356. The molecule has 1 saturated heterocycles. The van der Waals surface area contributed by atoms with Gasteiger partial charge in [0.1, 0.15) is 0 Å². The minimum atomic E-state index is -2.86. The molecule has 2 atom stereocenters. The predicted octanol–water partition coefficient (Wildman–Crippen LogP) is 1.27. The van der Waals surface area contributed by atoms with E-state index in [9.17, 15) is 8.42 Å². The largest absolute Gasteiger partial charge is 0.310 e. The van der Waals surface area contributed by atoms with Gasteiger partial charge in [-0.15, -0.1) is 0 Å². The maximum atomic E-state index is 11.6. The van der Waals surface area contributed by atoms with Crippen molar-refractivity contribution in [3.05, 3.63) is 0 Å². The Morgan fingerprint density at radius 2 is 2.06 bits per heavy atom. The summed E-state index contributed by atoms with van der Waals surface area (Å²) >= 11 is 0. The molecule has 0 saturated carbocycles. The molecule has 0 aromatic heterocycles. The molecule has 0 aliphatic carbocycles. The zero-order valence-electron chi connectivity index (χ0n) is 12.2. The summed E-state index contributed by atoms with van der Waals surface area (Å²) in [5.41, 5.74) is 0.112. The SMILES string of the molecule is CCC1(C)CN(CCS(=O)(=O)CC)C(C)CCN1. The van der Waals surface area contributed by atoms with E-state index in [1.165, 1.54) is 0 Å². The number of hydrogen-bond acceptors (Lipinski definition) is 4. The standard InChI is InChI=1S/C13H28N2O2S/c1-5-13(4)11-15(12(3)7-8-14-13)9-10-18(16,17)6-2/h12,14H,5-11H2,1-4H3. The van der Waals surface area contributed by atoms with Crippen LogP contribution < -0.4 is 5.32 Å². The van der Waals surface area contributed by atoms with Gasteiger partial charge < -0.3 is 5.32 Å². The lowest BCUT2D eigenvalue weighted by atomic mass is 9.98. The normalized spacial score (nSPS) is 31.2. The fraction of sp³-hybridized carbons (Fsp3) is 1.00. The van der Waals surface area contributed by atoms with Gasteiger partial charge in [-0.05, 0) is 33.2 Å². The van der Waals surface area contributed by atoms with Gasteiger partial charge in [0.15, 0.2) is 9.84 Å². The molecular formula is C13H28N2O2S. The molecule has 18 heavy (non-hydrogen) atoms. The molecule has 4 nitrogen and oxygen atoms in total. The predicted molar refractivity (Wildman–Crippen MR) is 76.7 cm³/mol. The second-order valence-electron chi connectivity index (χ2n) is 5.69. The molecule has 0 aromatic carbocycles. The van der Waals surface area contributed by atoms with Gasteiger partial charge >= 0.3 is 0 Å². The third kappa shape index (κ3) is 4.52. The van der Waals surface area contributed by atoms with Gasteiger partial charge in [0.25, 0.3) is 0 Å². The van der Waals surface area contributed by atoms with Crippen molar-refractivity contribution in [3.8, 4) is 0 Å². The summed E-state index contributed by atoms with van der Waals surface area (Å²) in [5, 5.41) is 3.59. The summed E-state index contributed by atoms with van der Waals surface area (Å²) in [6.07, 6.45) is 2.15. The zero-order chi connectivity index (χ0) is 13.8. The van der Waals surface area contributed by atoms with Crippen molar-refractivity contribution >= 4 is 9.84 Å². The number of nitrogens with one attached hydrogen (secondary N) is 1. The lowest BCUT2D eigenvalue weighted by Gasteiger charge is -2.34. The third-order valence-corrected chi connectivity index (χ3v) is 5.88. The summed E-state index contributed by atoms with van der Waals surface area (Å²) < 4.78 is 23.2. The van der Waals surface area contributed by atoms with Crippen LogP contribution in [0, 0.1) is 0 Å². The zero-order valence-corrected chi connectivity index (χ0v) is 13.0. The van der Waals surface area contributed by atoms with Crippen LogP contribution in [0.3, 0.4) is 0 Å². The lowest BCUT2D eigenvalue weighted by Crippen LogP contribution is -2.50. The van der Waals surface area contributed by atoms with Crippen LogP contribution in [-0.4, -0.2) is 56.0 Å². The van der Waals surface area contributed by atoms with Gasteiger partial charge in [-0.25, -0.2) is 8.42 Å². The first-order chi connectivity index (χ1) is 8.32. The van der Waals surface area contributed by atoms with Crippen molar-refractivity contribution in [2.45, 2.75) is 52.1 Å². The first-order valence-corrected chi connectivity index (χ1v) is 8.83. The number of sulfone groups is 1. The summed E-state index contributed by atoms with van der Waals surface area (Å²) in [4.78, 5) is 2.33. The van der Waals surface area contributed by atoms with Gasteiger partial charge in [0.05, 0.1) is 5.75 Å². The molecule has 0 spiro atoms. The topological polar surface area (TPSA) is 49.4 Å². The minimum Gasteiger partial charge on any atom is -0.310 e. The highest BCUT2D eigenvalue weighted by atomic mass is 32.2. The Morgan fingerprint density at radius 1 is 1.39 bits per heavy atom. The van der Waals surface area contributed by atoms with Crippen LogP contribution in [0.2, 0.25) is 0 Å².